The number of phenolic OH excluding ortho intramolecular Hbond substituents is 1. The molecule has 1 atom stereocenters. The van der Waals surface area contributed by atoms with Crippen molar-refractivity contribution < 1.29 is 14.6 Å². The topological polar surface area (TPSA) is 61.8 Å². The molecule has 5 heteroatoms. The van der Waals surface area contributed by atoms with Crippen LogP contribution in [0.15, 0.2) is 18.2 Å². The van der Waals surface area contributed by atoms with Crippen LogP contribution in [0.2, 0.25) is 0 Å². The van der Waals surface area contributed by atoms with Gasteiger partial charge in [-0.1, -0.05) is 0 Å². The maximum absolute atomic E-state index is 12.4. The van der Waals surface area contributed by atoms with Gasteiger partial charge in [0.05, 0.1) is 12.7 Å². The zero-order chi connectivity index (χ0) is 13.8. The highest BCUT2D eigenvalue weighted by Gasteiger charge is 2.25. The number of likely N-dealkylation sites (tertiary alicyclic amines) is 1. The van der Waals surface area contributed by atoms with E-state index in [-0.39, 0.29) is 11.7 Å². The van der Waals surface area contributed by atoms with Crippen LogP contribution in [0.4, 0.5) is 0 Å². The normalized spacial score (nSPS) is 19.3. The maximum atomic E-state index is 12.4. The number of phenols is 1. The van der Waals surface area contributed by atoms with E-state index < -0.39 is 0 Å². The molecule has 5 nitrogen and oxygen atoms in total. The summed E-state index contributed by atoms with van der Waals surface area (Å²) in [6.45, 7) is 1.40. The summed E-state index contributed by atoms with van der Waals surface area (Å²) in [4.78, 5) is 14.2. The number of likely N-dealkylation sites (N-methyl/N-ethyl adjacent to an activating group) is 1. The monoisotopic (exact) mass is 264 g/mol. The minimum Gasteiger partial charge on any atom is -0.507 e. The average molecular weight is 264 g/mol. The van der Waals surface area contributed by atoms with E-state index in [1.165, 1.54) is 6.07 Å². The highest BCUT2D eigenvalue weighted by Crippen LogP contribution is 2.25. The smallest absolute Gasteiger partial charge is 0.257 e. The van der Waals surface area contributed by atoms with Gasteiger partial charge in [-0.05, 0) is 38.1 Å². The Morgan fingerprint density at radius 1 is 1.53 bits per heavy atom. The summed E-state index contributed by atoms with van der Waals surface area (Å²) in [6, 6.07) is 5.04. The maximum Gasteiger partial charge on any atom is 0.257 e. The lowest BCUT2D eigenvalue weighted by Gasteiger charge is -2.32. The Hall–Kier alpha value is -1.75. The third-order valence-electron chi connectivity index (χ3n) is 3.55. The summed E-state index contributed by atoms with van der Waals surface area (Å²) >= 11 is 0. The van der Waals surface area contributed by atoms with Crippen molar-refractivity contribution in [3.8, 4) is 11.5 Å². The highest BCUT2D eigenvalue weighted by molar-refractivity contribution is 5.97. The van der Waals surface area contributed by atoms with E-state index in [0.717, 1.165) is 19.4 Å². The number of benzene rings is 1. The largest absolute Gasteiger partial charge is 0.507 e. The van der Waals surface area contributed by atoms with Crippen LogP contribution in [0.5, 0.6) is 11.5 Å². The van der Waals surface area contributed by atoms with Gasteiger partial charge in [0.2, 0.25) is 0 Å². The molecular weight excluding hydrogens is 244 g/mol. The number of rotatable bonds is 3. The summed E-state index contributed by atoms with van der Waals surface area (Å²) in [7, 11) is 3.44. The molecule has 2 rings (SSSR count). The van der Waals surface area contributed by atoms with Gasteiger partial charge in [-0.3, -0.25) is 4.79 Å². The molecule has 1 heterocycles. The molecule has 1 fully saturated rings. The average Bonchev–Trinajstić information content (AvgIpc) is 2.47. The third kappa shape index (κ3) is 2.98. The van der Waals surface area contributed by atoms with Crippen LogP contribution in [0, 0.1) is 0 Å². The first-order chi connectivity index (χ1) is 9.15. The van der Waals surface area contributed by atoms with Gasteiger partial charge in [-0.2, -0.15) is 0 Å². The molecule has 0 aromatic heterocycles. The Kier molecular flexibility index (Phi) is 4.27. The second-order valence-electron chi connectivity index (χ2n) is 4.76. The van der Waals surface area contributed by atoms with Crippen LogP contribution < -0.4 is 10.1 Å². The van der Waals surface area contributed by atoms with E-state index in [1.807, 2.05) is 7.05 Å². The number of nitrogens with zero attached hydrogens (tertiary/aromatic N) is 1. The molecule has 0 bridgehead atoms. The fraction of sp³-hybridized carbons (Fsp3) is 0.500. The van der Waals surface area contributed by atoms with Gasteiger partial charge in [0.25, 0.3) is 5.91 Å². The molecule has 0 radical (unpaired) electrons. The lowest BCUT2D eigenvalue weighted by Crippen LogP contribution is -2.46. The minimum atomic E-state index is -0.142. The molecule has 1 aromatic carbocycles. The molecule has 1 unspecified atom stereocenters. The number of methoxy groups -OCH3 is 1. The van der Waals surface area contributed by atoms with Gasteiger partial charge in [0, 0.05) is 19.1 Å². The first kappa shape index (κ1) is 13.7. The van der Waals surface area contributed by atoms with Crippen molar-refractivity contribution in [2.45, 2.75) is 18.9 Å². The van der Waals surface area contributed by atoms with E-state index in [1.54, 1.807) is 24.1 Å². The predicted octanol–water partition coefficient (Wildman–Crippen LogP) is 1.22. The summed E-state index contributed by atoms with van der Waals surface area (Å²) in [5.41, 5.74) is 0.302. The van der Waals surface area contributed by atoms with Gasteiger partial charge >= 0.3 is 0 Å². The Morgan fingerprint density at radius 2 is 2.32 bits per heavy atom. The van der Waals surface area contributed by atoms with Crippen molar-refractivity contribution in [3.05, 3.63) is 23.8 Å². The first-order valence-electron chi connectivity index (χ1n) is 6.49. The molecule has 1 amide bonds. The number of piperidine rings is 1. The van der Waals surface area contributed by atoms with Crippen LogP contribution in [-0.4, -0.2) is 49.2 Å². The zero-order valence-electron chi connectivity index (χ0n) is 11.3. The lowest BCUT2D eigenvalue weighted by molar-refractivity contribution is 0.0695. The van der Waals surface area contributed by atoms with Crippen molar-refractivity contribution in [1.82, 2.24) is 10.2 Å². The zero-order valence-corrected chi connectivity index (χ0v) is 11.3. The molecule has 2 N–H and O–H groups in total. The number of carbonyl (C=O) groups is 1. The molecule has 1 aliphatic heterocycles. The van der Waals surface area contributed by atoms with Crippen molar-refractivity contribution in [1.29, 1.82) is 0 Å². The van der Waals surface area contributed by atoms with Gasteiger partial charge in [-0.25, -0.2) is 0 Å². The fourth-order valence-electron chi connectivity index (χ4n) is 2.38. The van der Waals surface area contributed by atoms with Crippen LogP contribution in [0.25, 0.3) is 0 Å². The highest BCUT2D eigenvalue weighted by atomic mass is 16.5. The molecule has 1 aliphatic rings. The Balaban J connectivity index is 2.18. The van der Waals surface area contributed by atoms with E-state index in [2.05, 4.69) is 5.32 Å². The van der Waals surface area contributed by atoms with Crippen LogP contribution in [0.3, 0.4) is 0 Å². The van der Waals surface area contributed by atoms with E-state index in [0.29, 0.717) is 23.9 Å². The SMILES string of the molecule is CNC1CCCN(C(=O)c2cc(OC)ccc2O)C1. The van der Waals surface area contributed by atoms with E-state index in [9.17, 15) is 9.90 Å². The fourth-order valence-corrected chi connectivity index (χ4v) is 2.38. The molecule has 104 valence electrons. The van der Waals surface area contributed by atoms with Crippen LogP contribution in [-0.2, 0) is 0 Å². The van der Waals surface area contributed by atoms with Crippen molar-refractivity contribution in [2.24, 2.45) is 0 Å². The quantitative estimate of drug-likeness (QED) is 0.862. The van der Waals surface area contributed by atoms with Gasteiger partial charge < -0.3 is 20.1 Å². The number of nitrogens with one attached hydrogen (secondary N) is 1. The number of ether oxygens (including phenoxy) is 1. The van der Waals surface area contributed by atoms with Crippen molar-refractivity contribution in [2.75, 3.05) is 27.2 Å². The van der Waals surface area contributed by atoms with Gasteiger partial charge in [-0.15, -0.1) is 0 Å². The van der Waals surface area contributed by atoms with Gasteiger partial charge in [0.1, 0.15) is 11.5 Å². The molecule has 19 heavy (non-hydrogen) atoms. The van der Waals surface area contributed by atoms with E-state index >= 15 is 0 Å². The summed E-state index contributed by atoms with van der Waals surface area (Å²) in [5, 5.41) is 13.0. The molecule has 1 aromatic rings. The summed E-state index contributed by atoms with van der Waals surface area (Å²) < 4.78 is 5.10. The third-order valence-corrected chi connectivity index (χ3v) is 3.55. The summed E-state index contributed by atoms with van der Waals surface area (Å²) in [5.74, 6) is 0.428. The second-order valence-corrected chi connectivity index (χ2v) is 4.76. The minimum absolute atomic E-state index is 0.00242. The van der Waals surface area contributed by atoms with Crippen molar-refractivity contribution >= 4 is 5.91 Å². The number of carbonyl (C=O) groups excluding carboxylic acids is 1. The number of amides is 1. The number of aromatic hydroxyl groups is 1. The predicted molar refractivity (Wildman–Crippen MR) is 72.6 cm³/mol. The van der Waals surface area contributed by atoms with Crippen LogP contribution >= 0.6 is 0 Å². The Morgan fingerprint density at radius 3 is 3.00 bits per heavy atom. The van der Waals surface area contributed by atoms with E-state index in [4.69, 9.17) is 4.74 Å². The Labute approximate surface area is 113 Å². The summed E-state index contributed by atoms with van der Waals surface area (Å²) in [6.07, 6.45) is 2.05. The molecule has 0 aliphatic carbocycles. The first-order valence-corrected chi connectivity index (χ1v) is 6.49. The molecule has 0 spiro atoms. The number of hydrogen-bond donors (Lipinski definition) is 2. The standard InChI is InChI=1S/C14H20N2O3/c1-15-10-4-3-7-16(9-10)14(18)12-8-11(19-2)5-6-13(12)17/h5-6,8,10,15,17H,3-4,7,9H2,1-2H3. The Bertz CT molecular complexity index is 462. The van der Waals surface area contributed by atoms with Crippen LogP contribution in [0.1, 0.15) is 23.2 Å². The second kappa shape index (κ2) is 5.93. The molecule has 1 saturated heterocycles. The molecular formula is C14H20N2O3. The lowest BCUT2D eigenvalue weighted by atomic mass is 10.0. The van der Waals surface area contributed by atoms with Gasteiger partial charge in [0.15, 0.2) is 0 Å². The van der Waals surface area contributed by atoms with Crippen molar-refractivity contribution in [3.63, 3.8) is 0 Å². The molecule has 0 saturated carbocycles. The number of hydrogen-bond acceptors (Lipinski definition) is 4.